The fourth-order valence-electron chi connectivity index (χ4n) is 5.35. The van der Waals surface area contributed by atoms with Gasteiger partial charge in [0.25, 0.3) is 5.91 Å². The van der Waals surface area contributed by atoms with Crippen molar-refractivity contribution in [2.24, 2.45) is 5.92 Å². The van der Waals surface area contributed by atoms with Crippen LogP contribution in [-0.2, 0) is 4.74 Å². The number of carbonyl (C=O) groups excluding carboxylic acids is 2. The number of pyridine rings is 1. The summed E-state index contributed by atoms with van der Waals surface area (Å²) in [5.74, 6) is 0.962. The minimum atomic E-state index is -0.282. The number of anilines is 2. The van der Waals surface area contributed by atoms with Crippen LogP contribution in [0.4, 0.5) is 16.4 Å². The van der Waals surface area contributed by atoms with Gasteiger partial charge in [0.15, 0.2) is 5.65 Å². The number of rotatable bonds is 8. The molecule has 10 heteroatoms. The molecular formula is C30H39N7O3. The summed E-state index contributed by atoms with van der Waals surface area (Å²) in [5, 5.41) is 11.0. The van der Waals surface area contributed by atoms with Crippen molar-refractivity contribution in [1.29, 1.82) is 0 Å². The first kappa shape index (κ1) is 27.6. The summed E-state index contributed by atoms with van der Waals surface area (Å²) in [7, 11) is 0. The largest absolute Gasteiger partial charge is 0.450 e. The Balaban J connectivity index is 1.18. The summed E-state index contributed by atoms with van der Waals surface area (Å²) in [6, 6.07) is 11.9. The molecule has 2 amide bonds. The van der Waals surface area contributed by atoms with Gasteiger partial charge in [-0.3, -0.25) is 4.79 Å². The normalized spacial score (nSPS) is 16.7. The van der Waals surface area contributed by atoms with Crippen molar-refractivity contribution in [3.8, 4) is 0 Å². The molecule has 0 atom stereocenters. The summed E-state index contributed by atoms with van der Waals surface area (Å²) in [5.41, 5.74) is 4.31. The molecule has 2 aromatic heterocycles. The lowest BCUT2D eigenvalue weighted by atomic mass is 9.96. The van der Waals surface area contributed by atoms with Crippen LogP contribution in [0.2, 0.25) is 0 Å². The van der Waals surface area contributed by atoms with Gasteiger partial charge in [-0.15, -0.1) is 5.10 Å². The maximum absolute atomic E-state index is 12.7. The number of nitrogens with zero attached hydrogens (tertiary/aromatic N) is 5. The molecule has 0 unspecified atom stereocenters. The Hall–Kier alpha value is -3.92. The third-order valence-corrected chi connectivity index (χ3v) is 7.78. The second-order valence-corrected chi connectivity index (χ2v) is 10.7. The van der Waals surface area contributed by atoms with Gasteiger partial charge in [-0.2, -0.15) is 4.98 Å². The predicted molar refractivity (Wildman–Crippen MR) is 156 cm³/mol. The summed E-state index contributed by atoms with van der Waals surface area (Å²) in [6.07, 6.45) is 6.60. The van der Waals surface area contributed by atoms with Crippen molar-refractivity contribution in [3.63, 3.8) is 0 Å². The molecule has 1 fully saturated rings. The molecule has 2 aliphatic heterocycles. The summed E-state index contributed by atoms with van der Waals surface area (Å²) >= 11 is 0. The summed E-state index contributed by atoms with van der Waals surface area (Å²) < 4.78 is 6.87. The first-order chi connectivity index (χ1) is 19.4. The van der Waals surface area contributed by atoms with E-state index in [1.54, 1.807) is 9.42 Å². The zero-order chi connectivity index (χ0) is 28.1. The lowest BCUT2D eigenvalue weighted by Crippen LogP contribution is -2.41. The fourth-order valence-corrected chi connectivity index (χ4v) is 5.35. The van der Waals surface area contributed by atoms with Gasteiger partial charge >= 0.3 is 6.09 Å². The van der Waals surface area contributed by atoms with E-state index in [-0.39, 0.29) is 12.0 Å². The molecule has 0 saturated carbocycles. The number of hydrogen-bond donors (Lipinski definition) is 2. The highest BCUT2D eigenvalue weighted by atomic mass is 16.6. The SMILES string of the molecule is CCOC(=O)N1CC=C(c2cccn3nc(Nc4ccc(C(=O)NCC5CCN(C(C)C)CC5)cc4)nc23)CC1. The topological polar surface area (TPSA) is 104 Å². The van der Waals surface area contributed by atoms with E-state index in [4.69, 9.17) is 9.72 Å². The first-order valence-corrected chi connectivity index (χ1v) is 14.3. The van der Waals surface area contributed by atoms with Gasteiger partial charge in [0.05, 0.1) is 6.61 Å². The number of piperidine rings is 1. The van der Waals surface area contributed by atoms with Crippen LogP contribution in [-0.4, -0.2) is 81.8 Å². The number of hydrogen-bond acceptors (Lipinski definition) is 7. The molecular weight excluding hydrogens is 506 g/mol. The Labute approximate surface area is 235 Å². The predicted octanol–water partition coefficient (Wildman–Crippen LogP) is 4.57. The number of nitrogens with one attached hydrogen (secondary N) is 2. The van der Waals surface area contributed by atoms with E-state index < -0.39 is 0 Å². The van der Waals surface area contributed by atoms with E-state index in [1.165, 1.54) is 0 Å². The quantitative estimate of drug-likeness (QED) is 0.427. The summed E-state index contributed by atoms with van der Waals surface area (Å²) in [4.78, 5) is 33.7. The van der Waals surface area contributed by atoms with E-state index in [9.17, 15) is 9.59 Å². The number of fused-ring (bicyclic) bond motifs is 1. The van der Waals surface area contributed by atoms with E-state index in [0.29, 0.717) is 43.2 Å². The molecule has 40 heavy (non-hydrogen) atoms. The highest BCUT2D eigenvalue weighted by Crippen LogP contribution is 2.27. The highest BCUT2D eigenvalue weighted by Gasteiger charge is 2.22. The Morgan fingerprint density at radius 1 is 1.10 bits per heavy atom. The monoisotopic (exact) mass is 545 g/mol. The van der Waals surface area contributed by atoms with Gasteiger partial charge in [0, 0.05) is 48.7 Å². The summed E-state index contributed by atoms with van der Waals surface area (Å²) in [6.45, 7) is 10.7. The van der Waals surface area contributed by atoms with Gasteiger partial charge in [0.1, 0.15) is 0 Å². The molecule has 2 N–H and O–H groups in total. The minimum absolute atomic E-state index is 0.0457. The second kappa shape index (κ2) is 12.5. The van der Waals surface area contributed by atoms with Crippen molar-refractivity contribution in [2.45, 2.75) is 46.1 Å². The van der Waals surface area contributed by atoms with Crippen LogP contribution < -0.4 is 10.6 Å². The molecule has 212 valence electrons. The second-order valence-electron chi connectivity index (χ2n) is 10.7. The number of ether oxygens (including phenoxy) is 1. The fraction of sp³-hybridized carbons (Fsp3) is 0.467. The van der Waals surface area contributed by atoms with Crippen LogP contribution >= 0.6 is 0 Å². The van der Waals surface area contributed by atoms with Gasteiger partial charge in [0.2, 0.25) is 5.95 Å². The van der Waals surface area contributed by atoms with E-state index in [1.807, 2.05) is 49.5 Å². The molecule has 0 spiro atoms. The number of benzene rings is 1. The van der Waals surface area contributed by atoms with Crippen LogP contribution in [0.3, 0.4) is 0 Å². The number of carbonyl (C=O) groups is 2. The smallest absolute Gasteiger partial charge is 0.410 e. The number of likely N-dealkylation sites (tertiary alicyclic amines) is 1. The molecule has 0 aliphatic carbocycles. The standard InChI is InChI=1S/C30H39N7O3/c1-4-40-30(39)36-18-13-23(14-19-36)26-6-5-15-37-27(26)33-29(34-37)32-25-9-7-24(8-10-25)28(38)31-20-22-11-16-35(17-12-22)21(2)3/h5-10,13,15,21-22H,4,11-12,14,16-20H2,1-3H3,(H,31,38)(H,32,34). The lowest BCUT2D eigenvalue weighted by molar-refractivity contribution is 0.0929. The van der Waals surface area contributed by atoms with Gasteiger partial charge < -0.3 is 25.2 Å². The molecule has 4 heterocycles. The molecule has 3 aromatic rings. The van der Waals surface area contributed by atoms with Crippen molar-refractivity contribution in [3.05, 3.63) is 59.8 Å². The van der Waals surface area contributed by atoms with Gasteiger partial charge in [-0.05, 0) is 101 Å². The van der Waals surface area contributed by atoms with Crippen LogP contribution in [0, 0.1) is 5.92 Å². The van der Waals surface area contributed by atoms with E-state index >= 15 is 0 Å². The number of aromatic nitrogens is 3. The Kier molecular flexibility index (Phi) is 8.64. The average Bonchev–Trinajstić information content (AvgIpc) is 3.39. The van der Waals surface area contributed by atoms with Gasteiger partial charge in [-0.25, -0.2) is 9.31 Å². The molecule has 10 nitrogen and oxygen atoms in total. The zero-order valence-corrected chi connectivity index (χ0v) is 23.6. The lowest BCUT2D eigenvalue weighted by Gasteiger charge is -2.34. The van der Waals surface area contributed by atoms with Crippen molar-refractivity contribution in [1.82, 2.24) is 29.7 Å². The molecule has 2 aliphatic rings. The van der Waals surface area contributed by atoms with E-state index in [2.05, 4.69) is 40.6 Å². The first-order valence-electron chi connectivity index (χ1n) is 14.3. The van der Waals surface area contributed by atoms with Gasteiger partial charge in [-0.1, -0.05) is 6.08 Å². The Morgan fingerprint density at radius 3 is 2.55 bits per heavy atom. The maximum Gasteiger partial charge on any atom is 0.410 e. The van der Waals surface area contributed by atoms with Crippen LogP contribution in [0.15, 0.2) is 48.7 Å². The molecule has 0 radical (unpaired) electrons. The van der Waals surface area contributed by atoms with Crippen molar-refractivity contribution in [2.75, 3.05) is 44.6 Å². The average molecular weight is 546 g/mol. The maximum atomic E-state index is 12.7. The van der Waals surface area contributed by atoms with E-state index in [0.717, 1.165) is 61.4 Å². The third-order valence-electron chi connectivity index (χ3n) is 7.78. The number of amides is 2. The van der Waals surface area contributed by atoms with Crippen LogP contribution in [0.25, 0.3) is 11.2 Å². The third kappa shape index (κ3) is 6.44. The van der Waals surface area contributed by atoms with Crippen LogP contribution in [0.1, 0.15) is 56.0 Å². The molecule has 5 rings (SSSR count). The highest BCUT2D eigenvalue weighted by molar-refractivity contribution is 5.94. The molecule has 0 bridgehead atoms. The van der Waals surface area contributed by atoms with Crippen molar-refractivity contribution < 1.29 is 14.3 Å². The Morgan fingerprint density at radius 2 is 1.88 bits per heavy atom. The Bertz CT molecular complexity index is 1360. The van der Waals surface area contributed by atoms with Crippen LogP contribution in [0.5, 0.6) is 0 Å². The minimum Gasteiger partial charge on any atom is -0.450 e. The zero-order valence-electron chi connectivity index (χ0n) is 23.6. The molecule has 1 aromatic carbocycles. The van der Waals surface area contributed by atoms with Crippen molar-refractivity contribution >= 4 is 34.9 Å². The molecule has 1 saturated heterocycles.